The first-order chi connectivity index (χ1) is 8.67. The van der Waals surface area contributed by atoms with E-state index in [2.05, 4.69) is 31.0 Å². The fourth-order valence-electron chi connectivity index (χ4n) is 2.91. The van der Waals surface area contributed by atoms with E-state index < -0.39 is 0 Å². The minimum absolute atomic E-state index is 0.0475. The van der Waals surface area contributed by atoms with E-state index >= 15 is 0 Å². The molecule has 104 valence electrons. The number of amides is 1. The molecule has 0 radical (unpaired) electrons. The van der Waals surface area contributed by atoms with Crippen molar-refractivity contribution in [3.8, 4) is 0 Å². The van der Waals surface area contributed by atoms with Crippen LogP contribution in [0.1, 0.15) is 46.5 Å². The highest BCUT2D eigenvalue weighted by Gasteiger charge is 2.41. The summed E-state index contributed by atoms with van der Waals surface area (Å²) in [5, 5.41) is 4.20. The van der Waals surface area contributed by atoms with Gasteiger partial charge in [0, 0.05) is 11.8 Å². The fourth-order valence-corrected chi connectivity index (χ4v) is 4.17. The quantitative estimate of drug-likeness (QED) is 0.833. The lowest BCUT2D eigenvalue weighted by atomic mass is 9.99. The number of nitrogens with zero attached hydrogens (tertiary/aromatic N) is 1. The van der Waals surface area contributed by atoms with Gasteiger partial charge in [-0.1, -0.05) is 27.2 Å². The summed E-state index contributed by atoms with van der Waals surface area (Å²) in [6.07, 6.45) is 4.93. The molecule has 4 heteroatoms. The van der Waals surface area contributed by atoms with Gasteiger partial charge in [-0.25, -0.2) is 0 Å². The topological polar surface area (TPSA) is 32.3 Å². The Morgan fingerprint density at radius 2 is 2.28 bits per heavy atom. The third kappa shape index (κ3) is 2.85. The molecule has 0 spiro atoms. The third-order valence-electron chi connectivity index (χ3n) is 4.32. The van der Waals surface area contributed by atoms with E-state index in [-0.39, 0.29) is 12.2 Å². The summed E-state index contributed by atoms with van der Waals surface area (Å²) in [6.45, 7) is 7.45. The van der Waals surface area contributed by atoms with Crippen LogP contribution in [0.3, 0.4) is 0 Å². The first-order valence-corrected chi connectivity index (χ1v) is 8.40. The molecular weight excluding hydrogens is 244 g/mol. The molecule has 4 atom stereocenters. The zero-order valence-corrected chi connectivity index (χ0v) is 12.6. The Labute approximate surface area is 115 Å². The van der Waals surface area contributed by atoms with Crippen LogP contribution < -0.4 is 5.32 Å². The summed E-state index contributed by atoms with van der Waals surface area (Å²) >= 11 is 2.04. The molecule has 2 fully saturated rings. The maximum atomic E-state index is 12.5. The van der Waals surface area contributed by atoms with E-state index in [1.54, 1.807) is 0 Å². The summed E-state index contributed by atoms with van der Waals surface area (Å²) in [5.74, 6) is 2.04. The Morgan fingerprint density at radius 1 is 1.50 bits per heavy atom. The van der Waals surface area contributed by atoms with Crippen LogP contribution in [0.5, 0.6) is 0 Å². The molecule has 2 aliphatic heterocycles. The molecule has 1 N–H and O–H groups in total. The van der Waals surface area contributed by atoms with Crippen LogP contribution in [-0.2, 0) is 4.79 Å². The second-order valence-electron chi connectivity index (χ2n) is 5.58. The largest absolute Gasteiger partial charge is 0.325 e. The average Bonchev–Trinajstić information content (AvgIpc) is 2.99. The Bertz CT molecular complexity index is 292. The van der Waals surface area contributed by atoms with Crippen molar-refractivity contribution in [3.63, 3.8) is 0 Å². The van der Waals surface area contributed by atoms with Gasteiger partial charge in [-0.05, 0) is 30.9 Å². The Balaban J connectivity index is 2.00. The monoisotopic (exact) mass is 270 g/mol. The summed E-state index contributed by atoms with van der Waals surface area (Å²) in [7, 11) is 0. The van der Waals surface area contributed by atoms with Gasteiger partial charge < -0.3 is 4.90 Å². The van der Waals surface area contributed by atoms with Gasteiger partial charge in [-0.2, -0.15) is 11.8 Å². The molecule has 2 heterocycles. The van der Waals surface area contributed by atoms with Gasteiger partial charge >= 0.3 is 0 Å². The third-order valence-corrected chi connectivity index (χ3v) is 5.70. The predicted molar refractivity (Wildman–Crippen MR) is 77.7 cm³/mol. The van der Waals surface area contributed by atoms with Crippen LogP contribution in [0, 0.1) is 5.92 Å². The van der Waals surface area contributed by atoms with Crippen molar-refractivity contribution < 1.29 is 4.79 Å². The number of nitrogens with one attached hydrogen (secondary N) is 1. The highest BCUT2D eigenvalue weighted by Crippen LogP contribution is 2.29. The van der Waals surface area contributed by atoms with Crippen molar-refractivity contribution in [2.24, 2.45) is 5.92 Å². The summed E-state index contributed by atoms with van der Waals surface area (Å²) < 4.78 is 0. The standard InChI is InChI=1S/C14H26N2OS/c1-4-10(3)13-14(17)16(12(5-2)15-13)9-11-7-6-8-18-11/h10-13,15H,4-9H2,1-3H3. The second kappa shape index (κ2) is 6.29. The molecule has 0 saturated carbocycles. The van der Waals surface area contributed by atoms with Crippen LogP contribution in [0.4, 0.5) is 0 Å². The molecule has 0 aromatic rings. The number of carbonyl (C=O) groups excluding carboxylic acids is 1. The van der Waals surface area contributed by atoms with Gasteiger partial charge in [0.2, 0.25) is 5.91 Å². The number of hydrogen-bond donors (Lipinski definition) is 1. The number of thioether (sulfide) groups is 1. The van der Waals surface area contributed by atoms with Gasteiger partial charge in [0.15, 0.2) is 0 Å². The van der Waals surface area contributed by atoms with Crippen molar-refractivity contribution in [2.45, 2.75) is 63.9 Å². The van der Waals surface area contributed by atoms with E-state index in [1.807, 2.05) is 11.8 Å². The minimum Gasteiger partial charge on any atom is -0.325 e. The highest BCUT2D eigenvalue weighted by molar-refractivity contribution is 8.00. The summed E-state index contributed by atoms with van der Waals surface area (Å²) in [5.41, 5.74) is 0. The number of hydrogen-bond acceptors (Lipinski definition) is 3. The van der Waals surface area contributed by atoms with Crippen LogP contribution in [0.25, 0.3) is 0 Å². The van der Waals surface area contributed by atoms with Gasteiger partial charge in [0.1, 0.15) is 0 Å². The zero-order valence-electron chi connectivity index (χ0n) is 11.8. The van der Waals surface area contributed by atoms with Crippen LogP contribution in [-0.4, -0.2) is 40.6 Å². The molecule has 2 rings (SSSR count). The molecule has 1 amide bonds. The lowest BCUT2D eigenvalue weighted by Gasteiger charge is -2.25. The normalized spacial score (nSPS) is 34.3. The van der Waals surface area contributed by atoms with Crippen molar-refractivity contribution >= 4 is 17.7 Å². The van der Waals surface area contributed by atoms with E-state index in [4.69, 9.17) is 0 Å². The highest BCUT2D eigenvalue weighted by atomic mass is 32.2. The lowest BCUT2D eigenvalue weighted by Crippen LogP contribution is -2.40. The maximum Gasteiger partial charge on any atom is 0.241 e. The smallest absolute Gasteiger partial charge is 0.241 e. The van der Waals surface area contributed by atoms with E-state index in [9.17, 15) is 4.79 Å². The van der Waals surface area contributed by atoms with Crippen LogP contribution in [0.15, 0.2) is 0 Å². The summed E-state index contributed by atoms with van der Waals surface area (Å²) in [4.78, 5) is 14.6. The van der Waals surface area contributed by atoms with Crippen molar-refractivity contribution in [3.05, 3.63) is 0 Å². The molecule has 0 aliphatic carbocycles. The molecule has 3 nitrogen and oxygen atoms in total. The Kier molecular flexibility index (Phi) is 4.96. The average molecular weight is 270 g/mol. The van der Waals surface area contributed by atoms with Crippen molar-refractivity contribution in [1.29, 1.82) is 0 Å². The molecule has 2 aliphatic rings. The molecule has 18 heavy (non-hydrogen) atoms. The van der Waals surface area contributed by atoms with Gasteiger partial charge in [0.25, 0.3) is 0 Å². The Hall–Kier alpha value is -0.220. The molecular formula is C14H26N2OS. The molecule has 4 unspecified atom stereocenters. The van der Waals surface area contributed by atoms with Gasteiger partial charge in [-0.15, -0.1) is 0 Å². The minimum atomic E-state index is 0.0475. The van der Waals surface area contributed by atoms with E-state index in [0.29, 0.717) is 17.1 Å². The van der Waals surface area contributed by atoms with Crippen molar-refractivity contribution in [2.75, 3.05) is 12.3 Å². The van der Waals surface area contributed by atoms with Gasteiger partial charge in [-0.3, -0.25) is 10.1 Å². The predicted octanol–water partition coefficient (Wildman–Crippen LogP) is 2.46. The SMILES string of the molecule is CCC(C)C1NC(CC)N(CC2CCCS2)C1=O. The van der Waals surface area contributed by atoms with Gasteiger partial charge in [0.05, 0.1) is 12.2 Å². The second-order valence-corrected chi connectivity index (χ2v) is 6.99. The van der Waals surface area contributed by atoms with Crippen molar-refractivity contribution in [1.82, 2.24) is 10.2 Å². The zero-order chi connectivity index (χ0) is 13.1. The van der Waals surface area contributed by atoms with Crippen LogP contribution in [0.2, 0.25) is 0 Å². The fraction of sp³-hybridized carbons (Fsp3) is 0.929. The first kappa shape index (κ1) is 14.2. The maximum absolute atomic E-state index is 12.5. The molecule has 0 bridgehead atoms. The molecule has 0 aromatic carbocycles. The number of carbonyl (C=O) groups is 1. The first-order valence-electron chi connectivity index (χ1n) is 7.35. The summed E-state index contributed by atoms with van der Waals surface area (Å²) in [6, 6.07) is 0.0475. The number of rotatable bonds is 5. The molecule has 2 saturated heterocycles. The molecule has 0 aromatic heterocycles. The lowest BCUT2D eigenvalue weighted by molar-refractivity contribution is -0.130. The van der Waals surface area contributed by atoms with E-state index in [0.717, 1.165) is 19.4 Å². The Morgan fingerprint density at radius 3 is 2.83 bits per heavy atom. The van der Waals surface area contributed by atoms with Crippen LogP contribution >= 0.6 is 11.8 Å². The van der Waals surface area contributed by atoms with E-state index in [1.165, 1.54) is 18.6 Å².